The molecule has 1 aliphatic rings. The van der Waals surface area contributed by atoms with Gasteiger partial charge in [-0.05, 0) is 43.5 Å². The van der Waals surface area contributed by atoms with E-state index in [1.165, 1.54) is 0 Å². The number of halogens is 1. The van der Waals surface area contributed by atoms with Gasteiger partial charge in [-0.2, -0.15) is 0 Å². The van der Waals surface area contributed by atoms with E-state index in [-0.39, 0.29) is 0 Å². The molecule has 106 valence electrons. The molecule has 1 aliphatic heterocycles. The van der Waals surface area contributed by atoms with Crippen molar-refractivity contribution in [3.8, 4) is 0 Å². The number of aliphatic hydroxyl groups excluding tert-OH is 1. The summed E-state index contributed by atoms with van der Waals surface area (Å²) in [5.74, 6) is 0.705. The third-order valence-electron chi connectivity index (χ3n) is 3.65. The molecule has 2 rings (SSSR count). The number of ether oxygens (including phenoxy) is 1. The molecule has 1 saturated heterocycles. The molecule has 0 spiro atoms. The Balaban J connectivity index is 1.80. The topological polar surface area (TPSA) is 32.7 Å². The molecule has 1 aromatic carbocycles. The average molecular weight is 328 g/mol. The van der Waals surface area contributed by atoms with Crippen molar-refractivity contribution in [2.75, 3.05) is 33.4 Å². The normalized spacial score (nSPS) is 18.7. The van der Waals surface area contributed by atoms with Crippen LogP contribution in [0, 0.1) is 5.92 Å². The van der Waals surface area contributed by atoms with Crippen LogP contribution >= 0.6 is 15.9 Å². The van der Waals surface area contributed by atoms with E-state index in [0.29, 0.717) is 12.5 Å². The number of hydrogen-bond donors (Lipinski definition) is 1. The molecule has 0 aromatic heterocycles. The molecular formula is C15H22BrNO2. The molecule has 1 atom stereocenters. The van der Waals surface area contributed by atoms with Gasteiger partial charge >= 0.3 is 0 Å². The zero-order chi connectivity index (χ0) is 13.7. The maximum absolute atomic E-state index is 10.2. The van der Waals surface area contributed by atoms with Crippen molar-refractivity contribution < 1.29 is 9.84 Å². The van der Waals surface area contributed by atoms with Crippen LogP contribution in [0.3, 0.4) is 0 Å². The van der Waals surface area contributed by atoms with Gasteiger partial charge in [-0.15, -0.1) is 0 Å². The number of aliphatic hydroxyl groups is 1. The summed E-state index contributed by atoms with van der Waals surface area (Å²) in [6, 6.07) is 7.88. The third-order valence-corrected chi connectivity index (χ3v) is 4.18. The lowest BCUT2D eigenvalue weighted by Crippen LogP contribution is -2.32. The maximum Gasteiger partial charge on any atom is 0.0916 e. The fourth-order valence-electron chi connectivity index (χ4n) is 2.53. The van der Waals surface area contributed by atoms with Crippen LogP contribution in [0.5, 0.6) is 0 Å². The summed E-state index contributed by atoms with van der Waals surface area (Å²) in [4.78, 5) is 2.22. The fraction of sp³-hybridized carbons (Fsp3) is 0.600. The molecule has 1 N–H and O–H groups in total. The SMILES string of the molecule is CN(CC1CCOCC1)CC(O)c1ccc(Br)cc1. The summed E-state index contributed by atoms with van der Waals surface area (Å²) in [7, 11) is 2.08. The van der Waals surface area contributed by atoms with Gasteiger partial charge in [0, 0.05) is 30.8 Å². The lowest BCUT2D eigenvalue weighted by Gasteiger charge is -2.28. The summed E-state index contributed by atoms with van der Waals surface area (Å²) >= 11 is 3.41. The van der Waals surface area contributed by atoms with Gasteiger partial charge in [-0.3, -0.25) is 0 Å². The predicted octanol–water partition coefficient (Wildman–Crippen LogP) is 2.84. The average Bonchev–Trinajstić information content (AvgIpc) is 2.40. The van der Waals surface area contributed by atoms with Crippen LogP contribution in [0.25, 0.3) is 0 Å². The van der Waals surface area contributed by atoms with Crippen molar-refractivity contribution in [2.45, 2.75) is 18.9 Å². The van der Waals surface area contributed by atoms with Crippen molar-refractivity contribution in [1.29, 1.82) is 0 Å². The monoisotopic (exact) mass is 327 g/mol. The third kappa shape index (κ3) is 4.88. The van der Waals surface area contributed by atoms with Gasteiger partial charge in [0.1, 0.15) is 0 Å². The Bertz CT molecular complexity index is 376. The van der Waals surface area contributed by atoms with Gasteiger partial charge in [-0.25, -0.2) is 0 Å². The second kappa shape index (κ2) is 7.39. The minimum atomic E-state index is -0.419. The van der Waals surface area contributed by atoms with E-state index in [2.05, 4.69) is 27.9 Å². The highest BCUT2D eigenvalue weighted by molar-refractivity contribution is 9.10. The minimum Gasteiger partial charge on any atom is -0.387 e. The van der Waals surface area contributed by atoms with E-state index in [1.54, 1.807) is 0 Å². The van der Waals surface area contributed by atoms with Gasteiger partial charge < -0.3 is 14.7 Å². The summed E-state index contributed by atoms with van der Waals surface area (Å²) < 4.78 is 6.41. The van der Waals surface area contributed by atoms with Crippen molar-refractivity contribution >= 4 is 15.9 Å². The Morgan fingerprint density at radius 3 is 2.58 bits per heavy atom. The number of nitrogens with zero attached hydrogens (tertiary/aromatic N) is 1. The lowest BCUT2D eigenvalue weighted by atomic mass is 9.99. The lowest BCUT2D eigenvalue weighted by molar-refractivity contribution is 0.0478. The first-order valence-electron chi connectivity index (χ1n) is 6.85. The van der Waals surface area contributed by atoms with Crippen LogP contribution in [0.4, 0.5) is 0 Å². The van der Waals surface area contributed by atoms with Crippen molar-refractivity contribution in [2.24, 2.45) is 5.92 Å². The number of rotatable bonds is 5. The summed E-state index contributed by atoms with van der Waals surface area (Å²) in [5.41, 5.74) is 0.974. The standard InChI is InChI=1S/C15H22BrNO2/c1-17(10-12-6-8-19-9-7-12)11-15(18)13-2-4-14(16)5-3-13/h2-5,12,15,18H,6-11H2,1H3. The Labute approximate surface area is 123 Å². The molecule has 1 heterocycles. The zero-order valence-corrected chi connectivity index (χ0v) is 13.0. The van der Waals surface area contributed by atoms with Gasteiger partial charge in [-0.1, -0.05) is 28.1 Å². The van der Waals surface area contributed by atoms with Crippen LogP contribution in [0.2, 0.25) is 0 Å². The van der Waals surface area contributed by atoms with E-state index >= 15 is 0 Å². The summed E-state index contributed by atoms with van der Waals surface area (Å²) in [5, 5.41) is 10.2. The Morgan fingerprint density at radius 2 is 1.95 bits per heavy atom. The quantitative estimate of drug-likeness (QED) is 0.902. The first kappa shape index (κ1) is 15.0. The maximum atomic E-state index is 10.2. The number of benzene rings is 1. The van der Waals surface area contributed by atoms with E-state index < -0.39 is 6.10 Å². The molecule has 0 radical (unpaired) electrons. The zero-order valence-electron chi connectivity index (χ0n) is 11.4. The predicted molar refractivity (Wildman–Crippen MR) is 80.1 cm³/mol. The molecule has 0 bridgehead atoms. The Morgan fingerprint density at radius 1 is 1.32 bits per heavy atom. The number of hydrogen-bond acceptors (Lipinski definition) is 3. The van der Waals surface area contributed by atoms with Gasteiger partial charge in [0.2, 0.25) is 0 Å². The molecule has 0 saturated carbocycles. The second-order valence-corrected chi connectivity index (χ2v) is 6.26. The molecule has 1 fully saturated rings. The first-order valence-corrected chi connectivity index (χ1v) is 7.64. The molecular weight excluding hydrogens is 306 g/mol. The highest BCUT2D eigenvalue weighted by atomic mass is 79.9. The van der Waals surface area contributed by atoms with Crippen LogP contribution in [-0.4, -0.2) is 43.4 Å². The molecule has 1 aromatic rings. The molecule has 4 heteroatoms. The highest BCUT2D eigenvalue weighted by Gasteiger charge is 2.17. The van der Waals surface area contributed by atoms with Crippen LogP contribution in [0.15, 0.2) is 28.7 Å². The van der Waals surface area contributed by atoms with Crippen molar-refractivity contribution in [3.05, 3.63) is 34.3 Å². The number of likely N-dealkylation sites (N-methyl/N-ethyl adjacent to an activating group) is 1. The van der Waals surface area contributed by atoms with Crippen LogP contribution in [-0.2, 0) is 4.74 Å². The fourth-order valence-corrected chi connectivity index (χ4v) is 2.79. The van der Waals surface area contributed by atoms with E-state index in [9.17, 15) is 5.11 Å². The molecule has 3 nitrogen and oxygen atoms in total. The smallest absolute Gasteiger partial charge is 0.0916 e. The minimum absolute atomic E-state index is 0.419. The van der Waals surface area contributed by atoms with Gasteiger partial charge in [0.25, 0.3) is 0 Å². The van der Waals surface area contributed by atoms with E-state index in [1.807, 2.05) is 24.3 Å². The molecule has 0 aliphatic carbocycles. The first-order chi connectivity index (χ1) is 9.15. The van der Waals surface area contributed by atoms with Crippen LogP contribution < -0.4 is 0 Å². The Hall–Kier alpha value is -0.420. The van der Waals surface area contributed by atoms with E-state index in [4.69, 9.17) is 4.74 Å². The van der Waals surface area contributed by atoms with Gasteiger partial charge in [0.15, 0.2) is 0 Å². The summed E-state index contributed by atoms with van der Waals surface area (Å²) in [6.45, 7) is 3.48. The largest absolute Gasteiger partial charge is 0.387 e. The van der Waals surface area contributed by atoms with Crippen molar-refractivity contribution in [1.82, 2.24) is 4.90 Å². The molecule has 0 amide bonds. The van der Waals surface area contributed by atoms with Gasteiger partial charge in [0.05, 0.1) is 6.10 Å². The van der Waals surface area contributed by atoms with Crippen LogP contribution in [0.1, 0.15) is 24.5 Å². The molecule has 19 heavy (non-hydrogen) atoms. The highest BCUT2D eigenvalue weighted by Crippen LogP contribution is 2.20. The summed E-state index contributed by atoms with van der Waals surface area (Å²) in [6.07, 6.45) is 1.86. The van der Waals surface area contributed by atoms with Crippen molar-refractivity contribution in [3.63, 3.8) is 0 Å². The second-order valence-electron chi connectivity index (χ2n) is 5.34. The molecule has 1 unspecified atom stereocenters. The Kier molecular flexibility index (Phi) is 5.82. The van der Waals surface area contributed by atoms with E-state index in [0.717, 1.165) is 42.6 Å².